The first kappa shape index (κ1) is 35.3. The maximum atomic E-state index is 9.05. The van der Waals surface area contributed by atoms with Gasteiger partial charge >= 0.3 is 0 Å². The maximum absolute atomic E-state index is 9.05. The van der Waals surface area contributed by atoms with Gasteiger partial charge in [-0.2, -0.15) is 0 Å². The van der Waals surface area contributed by atoms with Crippen LogP contribution in [0.5, 0.6) is 0 Å². The highest BCUT2D eigenvalue weighted by atomic mass is 16.3. The summed E-state index contributed by atoms with van der Waals surface area (Å²) in [6, 6.07) is 0. The zero-order valence-electron chi connectivity index (χ0n) is 22.8. The lowest BCUT2D eigenvalue weighted by atomic mass is 10.1. The number of rotatable bonds is 16. The Labute approximate surface area is 223 Å². The summed E-state index contributed by atoms with van der Waals surface area (Å²) in [4.78, 5) is 0. The molecular formula is C34H48O2. The molecule has 0 fully saturated rings. The van der Waals surface area contributed by atoms with E-state index in [-0.39, 0.29) is 0 Å². The van der Waals surface area contributed by atoms with Gasteiger partial charge in [-0.15, -0.1) is 0 Å². The van der Waals surface area contributed by atoms with Crippen molar-refractivity contribution < 1.29 is 10.2 Å². The minimum atomic E-state index is -0.766. The van der Waals surface area contributed by atoms with Gasteiger partial charge in [0.15, 0.2) is 0 Å². The van der Waals surface area contributed by atoms with Crippen LogP contribution in [0.4, 0.5) is 0 Å². The molecule has 0 saturated carbocycles. The first-order valence-corrected chi connectivity index (χ1v) is 13.5. The Hall–Kier alpha value is -2.88. The third-order valence-corrected chi connectivity index (χ3v) is 4.91. The van der Waals surface area contributed by atoms with Crippen LogP contribution in [0.15, 0.2) is 49.6 Å². The van der Waals surface area contributed by atoms with E-state index in [0.29, 0.717) is 0 Å². The molecule has 0 saturated heterocycles. The number of hydrogen-bond donors (Lipinski definition) is 2. The summed E-state index contributed by atoms with van der Waals surface area (Å²) in [5.41, 5.74) is 0. The van der Waals surface area contributed by atoms with E-state index in [1.54, 1.807) is 0 Å². The summed E-state index contributed by atoms with van der Waals surface area (Å²) in [5, 5.41) is 18.1. The zero-order valence-corrected chi connectivity index (χ0v) is 22.8. The van der Waals surface area contributed by atoms with Crippen molar-refractivity contribution in [1.29, 1.82) is 0 Å². The molecule has 0 heterocycles. The lowest BCUT2D eigenvalue weighted by molar-refractivity contribution is 0.281. The molecule has 0 aromatic carbocycles. The van der Waals surface area contributed by atoms with E-state index >= 15 is 0 Å². The Morgan fingerprint density at radius 2 is 0.944 bits per heavy atom. The standard InChI is InChI=1S/2C17H24O/c2*1-3-5-6-7-8-9-10-11-12-13-14-15-16-17(18)4-2/h2*4,10-11,17-18H,2-3,5-9,12H2,1H3/b11-10+;11-10-/t;17-/m.1/s1. The van der Waals surface area contributed by atoms with Gasteiger partial charge in [0.25, 0.3) is 0 Å². The van der Waals surface area contributed by atoms with Crippen molar-refractivity contribution in [2.24, 2.45) is 0 Å². The Morgan fingerprint density at radius 1 is 0.556 bits per heavy atom. The van der Waals surface area contributed by atoms with Crippen LogP contribution in [0.25, 0.3) is 0 Å². The van der Waals surface area contributed by atoms with Crippen molar-refractivity contribution in [3.63, 3.8) is 0 Å². The molecule has 0 spiro atoms. The molecule has 0 aromatic rings. The first-order chi connectivity index (χ1) is 17.6. The van der Waals surface area contributed by atoms with Crippen LogP contribution in [0, 0.1) is 47.4 Å². The van der Waals surface area contributed by atoms with E-state index in [0.717, 1.165) is 25.7 Å². The molecule has 2 heteroatoms. The van der Waals surface area contributed by atoms with Crippen LogP contribution in [0.3, 0.4) is 0 Å². The second-order valence-corrected chi connectivity index (χ2v) is 8.26. The summed E-state index contributed by atoms with van der Waals surface area (Å²) in [7, 11) is 0. The average molecular weight is 489 g/mol. The summed E-state index contributed by atoms with van der Waals surface area (Å²) in [6.07, 6.45) is 26.7. The molecule has 0 aromatic heterocycles. The van der Waals surface area contributed by atoms with Crippen molar-refractivity contribution >= 4 is 0 Å². The molecule has 2 nitrogen and oxygen atoms in total. The molecule has 0 aliphatic heterocycles. The minimum Gasteiger partial charge on any atom is -0.377 e. The summed E-state index contributed by atoms with van der Waals surface area (Å²) in [5.74, 6) is 21.5. The van der Waals surface area contributed by atoms with Gasteiger partial charge in [-0.3, -0.25) is 0 Å². The molecule has 0 bridgehead atoms. The number of aliphatic hydroxyl groups excluding tert-OH is 2. The van der Waals surface area contributed by atoms with Crippen LogP contribution >= 0.6 is 0 Å². The Morgan fingerprint density at radius 3 is 1.31 bits per heavy atom. The van der Waals surface area contributed by atoms with E-state index in [2.05, 4.69) is 98.7 Å². The van der Waals surface area contributed by atoms with Crippen molar-refractivity contribution in [1.82, 2.24) is 0 Å². The molecule has 196 valence electrons. The molecule has 0 rings (SSSR count). The van der Waals surface area contributed by atoms with Gasteiger partial charge in [0.1, 0.15) is 12.2 Å². The second kappa shape index (κ2) is 32.1. The fourth-order valence-corrected chi connectivity index (χ4v) is 2.78. The third-order valence-electron chi connectivity index (χ3n) is 4.91. The summed E-state index contributed by atoms with van der Waals surface area (Å²) < 4.78 is 0. The van der Waals surface area contributed by atoms with Crippen molar-refractivity contribution in [3.05, 3.63) is 49.6 Å². The highest BCUT2D eigenvalue weighted by Gasteiger charge is 1.87. The van der Waals surface area contributed by atoms with Gasteiger partial charge in [-0.25, -0.2) is 0 Å². The first-order valence-electron chi connectivity index (χ1n) is 13.5. The largest absolute Gasteiger partial charge is 0.377 e. The fourth-order valence-electron chi connectivity index (χ4n) is 2.78. The predicted molar refractivity (Wildman–Crippen MR) is 158 cm³/mol. The highest BCUT2D eigenvalue weighted by molar-refractivity contribution is 5.30. The maximum Gasteiger partial charge on any atom is 0.134 e. The number of unbranched alkanes of at least 4 members (excludes halogenated alkanes) is 10. The molecule has 36 heavy (non-hydrogen) atoms. The van der Waals surface area contributed by atoms with Crippen LogP contribution in [0.1, 0.15) is 104 Å². The van der Waals surface area contributed by atoms with E-state index in [1.807, 2.05) is 0 Å². The second-order valence-electron chi connectivity index (χ2n) is 8.26. The smallest absolute Gasteiger partial charge is 0.134 e. The van der Waals surface area contributed by atoms with E-state index in [1.165, 1.54) is 76.4 Å². The van der Waals surface area contributed by atoms with E-state index in [9.17, 15) is 0 Å². The molecular weight excluding hydrogens is 440 g/mol. The van der Waals surface area contributed by atoms with E-state index in [4.69, 9.17) is 10.2 Å². The molecule has 0 amide bonds. The zero-order chi connectivity index (χ0) is 27.0. The normalized spacial score (nSPS) is 11.2. The molecule has 2 N–H and O–H groups in total. The number of aliphatic hydroxyl groups is 2. The van der Waals surface area contributed by atoms with Gasteiger partial charge in [-0.05, 0) is 49.4 Å². The Kier molecular flexibility index (Phi) is 31.5. The van der Waals surface area contributed by atoms with Gasteiger partial charge in [0.2, 0.25) is 0 Å². The number of allylic oxidation sites excluding steroid dienone is 4. The van der Waals surface area contributed by atoms with Gasteiger partial charge in [0, 0.05) is 12.8 Å². The molecule has 2 atom stereocenters. The minimum absolute atomic E-state index is 0.730. The van der Waals surface area contributed by atoms with Gasteiger partial charge < -0.3 is 10.2 Å². The van der Waals surface area contributed by atoms with Crippen LogP contribution in [0.2, 0.25) is 0 Å². The predicted octanol–water partition coefficient (Wildman–Crippen LogP) is 7.69. The van der Waals surface area contributed by atoms with Gasteiger partial charge in [0.05, 0.1) is 0 Å². The topological polar surface area (TPSA) is 40.5 Å². The monoisotopic (exact) mass is 488 g/mol. The average Bonchev–Trinajstić information content (AvgIpc) is 2.89. The lowest BCUT2D eigenvalue weighted by Crippen LogP contribution is -1.94. The molecule has 0 aliphatic carbocycles. The lowest BCUT2D eigenvalue weighted by Gasteiger charge is -1.95. The van der Waals surface area contributed by atoms with Crippen LogP contribution in [-0.4, -0.2) is 22.4 Å². The molecule has 0 radical (unpaired) electrons. The van der Waals surface area contributed by atoms with Crippen LogP contribution < -0.4 is 0 Å². The summed E-state index contributed by atoms with van der Waals surface area (Å²) >= 11 is 0. The van der Waals surface area contributed by atoms with Crippen molar-refractivity contribution in [2.75, 3.05) is 0 Å². The SMILES string of the molecule is C=CC(O)C#CC#CC/C=C/CCCCCCC.C=C[C@@H](O)C#CC#CC/C=C\CCCCCCC. The quantitative estimate of drug-likeness (QED) is 0.133. The van der Waals surface area contributed by atoms with Crippen molar-refractivity contribution in [2.45, 2.75) is 116 Å². The Bertz CT molecular complexity index is 759. The molecule has 1 unspecified atom stereocenters. The van der Waals surface area contributed by atoms with Crippen LogP contribution in [-0.2, 0) is 0 Å². The fraction of sp³-hybridized carbons (Fsp3) is 0.529. The Balaban J connectivity index is 0. The third kappa shape index (κ3) is 33.3. The molecule has 0 aliphatic rings. The van der Waals surface area contributed by atoms with Crippen molar-refractivity contribution in [3.8, 4) is 47.4 Å². The van der Waals surface area contributed by atoms with Gasteiger partial charge in [-0.1, -0.05) is 139 Å². The number of hydrogen-bond acceptors (Lipinski definition) is 2. The highest BCUT2D eigenvalue weighted by Crippen LogP contribution is 2.06. The van der Waals surface area contributed by atoms with E-state index < -0.39 is 12.2 Å². The summed E-state index contributed by atoms with van der Waals surface area (Å²) in [6.45, 7) is 11.3.